The minimum absolute atomic E-state index is 0.126. The summed E-state index contributed by atoms with van der Waals surface area (Å²) in [6, 6.07) is 12.0. The normalized spacial score (nSPS) is 10.8. The fraction of sp³-hybridized carbons (Fsp3) is 0.318. The number of methoxy groups -OCH3 is 1. The van der Waals surface area contributed by atoms with E-state index in [1.165, 1.54) is 0 Å². The molecule has 0 atom stereocenters. The Bertz CT molecular complexity index is 978. The SMILES string of the molecule is COc1cccc(C(=O)N(Cc2ccco2)Cc2cc(C(=O)NCC(C)C)no2)c1. The topological polar surface area (TPSA) is 97.8 Å². The number of benzene rings is 1. The number of carbonyl (C=O) groups excluding carboxylic acids is 2. The van der Waals surface area contributed by atoms with Gasteiger partial charge in [0.2, 0.25) is 0 Å². The smallest absolute Gasteiger partial charge is 0.273 e. The molecule has 2 amide bonds. The number of ether oxygens (including phenoxy) is 1. The summed E-state index contributed by atoms with van der Waals surface area (Å²) in [5.41, 5.74) is 0.646. The van der Waals surface area contributed by atoms with E-state index in [0.29, 0.717) is 35.3 Å². The molecule has 0 saturated heterocycles. The first kappa shape index (κ1) is 21.2. The second kappa shape index (κ2) is 9.78. The number of rotatable bonds is 9. The van der Waals surface area contributed by atoms with Gasteiger partial charge in [-0.15, -0.1) is 0 Å². The highest BCUT2D eigenvalue weighted by atomic mass is 16.5. The van der Waals surface area contributed by atoms with Gasteiger partial charge >= 0.3 is 0 Å². The van der Waals surface area contributed by atoms with Gasteiger partial charge in [0.25, 0.3) is 11.8 Å². The number of carbonyl (C=O) groups is 2. The summed E-state index contributed by atoms with van der Waals surface area (Å²) in [5, 5.41) is 6.63. The Morgan fingerprint density at radius 2 is 1.93 bits per heavy atom. The van der Waals surface area contributed by atoms with Gasteiger partial charge in [-0.2, -0.15) is 0 Å². The van der Waals surface area contributed by atoms with Crippen LogP contribution in [0.25, 0.3) is 0 Å². The molecular weight excluding hydrogens is 386 g/mol. The summed E-state index contributed by atoms with van der Waals surface area (Å²) < 4.78 is 15.9. The van der Waals surface area contributed by atoms with Crippen LogP contribution in [0.3, 0.4) is 0 Å². The molecule has 0 aliphatic heterocycles. The highest BCUT2D eigenvalue weighted by molar-refractivity contribution is 5.94. The molecular formula is C22H25N3O5. The van der Waals surface area contributed by atoms with E-state index in [1.54, 1.807) is 60.7 Å². The Balaban J connectivity index is 1.78. The molecule has 2 heterocycles. The standard InChI is InChI=1S/C22H25N3O5/c1-15(2)12-23-21(26)20-11-19(30-24-20)14-25(13-18-8-5-9-29-18)22(27)16-6-4-7-17(10-16)28-3/h4-11,15H,12-14H2,1-3H3,(H,23,26). The fourth-order valence-electron chi connectivity index (χ4n) is 2.80. The van der Waals surface area contributed by atoms with E-state index in [-0.39, 0.29) is 30.6 Å². The van der Waals surface area contributed by atoms with Crippen LogP contribution in [0.2, 0.25) is 0 Å². The van der Waals surface area contributed by atoms with Gasteiger partial charge in [0.15, 0.2) is 11.5 Å². The van der Waals surface area contributed by atoms with Gasteiger partial charge in [0.05, 0.1) is 26.5 Å². The van der Waals surface area contributed by atoms with Crippen molar-refractivity contribution < 1.29 is 23.3 Å². The largest absolute Gasteiger partial charge is 0.497 e. The predicted molar refractivity (Wildman–Crippen MR) is 109 cm³/mol. The van der Waals surface area contributed by atoms with Crippen molar-refractivity contribution in [3.8, 4) is 5.75 Å². The van der Waals surface area contributed by atoms with Crippen molar-refractivity contribution in [3.05, 3.63) is 71.5 Å². The third-order valence-electron chi connectivity index (χ3n) is 4.34. The molecule has 0 bridgehead atoms. The molecule has 3 rings (SSSR count). The number of nitrogens with zero attached hydrogens (tertiary/aromatic N) is 2. The highest BCUT2D eigenvalue weighted by Gasteiger charge is 2.21. The van der Waals surface area contributed by atoms with Gasteiger partial charge in [0.1, 0.15) is 11.5 Å². The fourth-order valence-corrected chi connectivity index (χ4v) is 2.80. The molecule has 0 spiro atoms. The summed E-state index contributed by atoms with van der Waals surface area (Å²) in [6.07, 6.45) is 1.55. The van der Waals surface area contributed by atoms with Crippen molar-refractivity contribution in [1.82, 2.24) is 15.4 Å². The molecule has 0 unspecified atom stereocenters. The first-order valence-corrected chi connectivity index (χ1v) is 9.65. The van der Waals surface area contributed by atoms with Crippen LogP contribution in [0.4, 0.5) is 0 Å². The summed E-state index contributed by atoms with van der Waals surface area (Å²) >= 11 is 0. The number of aromatic nitrogens is 1. The first-order chi connectivity index (χ1) is 14.5. The summed E-state index contributed by atoms with van der Waals surface area (Å²) in [4.78, 5) is 26.9. The lowest BCUT2D eigenvalue weighted by molar-refractivity contribution is 0.0699. The Kier molecular flexibility index (Phi) is 6.90. The van der Waals surface area contributed by atoms with Crippen molar-refractivity contribution in [3.63, 3.8) is 0 Å². The lowest BCUT2D eigenvalue weighted by Gasteiger charge is -2.20. The third kappa shape index (κ3) is 5.50. The molecule has 0 radical (unpaired) electrons. The molecule has 158 valence electrons. The van der Waals surface area contributed by atoms with Gasteiger partial charge in [-0.25, -0.2) is 0 Å². The van der Waals surface area contributed by atoms with Crippen LogP contribution in [-0.2, 0) is 13.1 Å². The van der Waals surface area contributed by atoms with Crippen LogP contribution in [0.1, 0.15) is 46.2 Å². The van der Waals surface area contributed by atoms with Gasteiger partial charge in [-0.3, -0.25) is 9.59 Å². The van der Waals surface area contributed by atoms with E-state index in [1.807, 2.05) is 13.8 Å². The van der Waals surface area contributed by atoms with Gasteiger partial charge in [-0.05, 0) is 36.2 Å². The number of hydrogen-bond donors (Lipinski definition) is 1. The maximum Gasteiger partial charge on any atom is 0.273 e. The van der Waals surface area contributed by atoms with Crippen LogP contribution in [-0.4, -0.2) is 35.5 Å². The number of nitrogens with one attached hydrogen (secondary N) is 1. The van der Waals surface area contributed by atoms with Crippen molar-refractivity contribution >= 4 is 11.8 Å². The maximum absolute atomic E-state index is 13.1. The van der Waals surface area contributed by atoms with Gasteiger partial charge in [-0.1, -0.05) is 25.1 Å². The van der Waals surface area contributed by atoms with Crippen molar-refractivity contribution in [1.29, 1.82) is 0 Å². The first-order valence-electron chi connectivity index (χ1n) is 9.65. The van der Waals surface area contributed by atoms with Crippen LogP contribution in [0.15, 0.2) is 57.7 Å². The highest BCUT2D eigenvalue weighted by Crippen LogP contribution is 2.18. The lowest BCUT2D eigenvalue weighted by atomic mass is 10.1. The van der Waals surface area contributed by atoms with E-state index in [2.05, 4.69) is 10.5 Å². The molecule has 1 N–H and O–H groups in total. The third-order valence-corrected chi connectivity index (χ3v) is 4.34. The van der Waals surface area contributed by atoms with E-state index < -0.39 is 0 Å². The van der Waals surface area contributed by atoms with Gasteiger partial charge in [0, 0.05) is 18.2 Å². The Hall–Kier alpha value is -3.55. The Morgan fingerprint density at radius 1 is 1.13 bits per heavy atom. The van der Waals surface area contributed by atoms with Crippen LogP contribution in [0, 0.1) is 5.92 Å². The minimum Gasteiger partial charge on any atom is -0.497 e. The molecule has 8 heteroatoms. The zero-order chi connectivity index (χ0) is 21.5. The second-order valence-electron chi connectivity index (χ2n) is 7.25. The molecule has 0 fully saturated rings. The van der Waals surface area contributed by atoms with E-state index in [9.17, 15) is 9.59 Å². The van der Waals surface area contributed by atoms with Crippen molar-refractivity contribution in [2.24, 2.45) is 5.92 Å². The van der Waals surface area contributed by atoms with Crippen LogP contribution < -0.4 is 10.1 Å². The zero-order valence-electron chi connectivity index (χ0n) is 17.3. The van der Waals surface area contributed by atoms with Crippen molar-refractivity contribution in [2.45, 2.75) is 26.9 Å². The predicted octanol–water partition coefficient (Wildman–Crippen LogP) is 3.50. The average molecular weight is 411 g/mol. The van der Waals surface area contributed by atoms with Crippen LogP contribution in [0.5, 0.6) is 5.75 Å². The molecule has 3 aromatic rings. The second-order valence-corrected chi connectivity index (χ2v) is 7.25. The van der Waals surface area contributed by atoms with Gasteiger partial charge < -0.3 is 23.9 Å². The Morgan fingerprint density at radius 3 is 2.63 bits per heavy atom. The molecule has 0 aliphatic rings. The molecule has 30 heavy (non-hydrogen) atoms. The van der Waals surface area contributed by atoms with E-state index >= 15 is 0 Å². The number of furan rings is 1. The summed E-state index contributed by atoms with van der Waals surface area (Å²) in [7, 11) is 1.55. The van der Waals surface area contributed by atoms with Crippen LogP contribution >= 0.6 is 0 Å². The van der Waals surface area contributed by atoms with E-state index in [0.717, 1.165) is 0 Å². The number of hydrogen-bond acceptors (Lipinski definition) is 6. The molecule has 0 aliphatic carbocycles. The molecule has 2 aromatic heterocycles. The Labute approximate surface area is 174 Å². The summed E-state index contributed by atoms with van der Waals surface area (Å²) in [6.45, 7) is 4.91. The summed E-state index contributed by atoms with van der Waals surface area (Å²) in [5.74, 6) is 1.39. The maximum atomic E-state index is 13.1. The molecule has 1 aromatic carbocycles. The lowest BCUT2D eigenvalue weighted by Crippen LogP contribution is -2.30. The van der Waals surface area contributed by atoms with Crippen molar-refractivity contribution in [2.75, 3.05) is 13.7 Å². The monoisotopic (exact) mass is 411 g/mol. The quantitative estimate of drug-likeness (QED) is 0.579. The van der Waals surface area contributed by atoms with E-state index in [4.69, 9.17) is 13.7 Å². The minimum atomic E-state index is -0.310. The number of amides is 2. The molecule has 8 nitrogen and oxygen atoms in total. The average Bonchev–Trinajstić information content (AvgIpc) is 3.43. The zero-order valence-corrected chi connectivity index (χ0v) is 17.3. The molecule has 0 saturated carbocycles.